The van der Waals surface area contributed by atoms with E-state index in [1.165, 1.54) is 4.90 Å². The topological polar surface area (TPSA) is 78.1 Å². The van der Waals surface area contributed by atoms with E-state index in [9.17, 15) is 9.59 Å². The van der Waals surface area contributed by atoms with Crippen LogP contribution in [0.4, 0.5) is 5.69 Å². The molecule has 2 N–H and O–H groups in total. The molecule has 3 aromatic rings. The molecule has 2 aromatic carbocycles. The van der Waals surface area contributed by atoms with Gasteiger partial charge in [0.2, 0.25) is 5.91 Å². The fraction of sp³-hybridized carbons (Fsp3) is 0.167. The van der Waals surface area contributed by atoms with Crippen LogP contribution < -0.4 is 5.32 Å². The summed E-state index contributed by atoms with van der Waals surface area (Å²) in [5.74, 6) is -0.553. The molecule has 0 radical (unpaired) electrons. The molecule has 6 heteroatoms. The van der Waals surface area contributed by atoms with Crippen molar-refractivity contribution in [2.24, 2.45) is 0 Å². The van der Waals surface area contributed by atoms with Crippen LogP contribution in [0, 0.1) is 6.92 Å². The Labute approximate surface area is 139 Å². The first-order chi connectivity index (χ1) is 11.5. The molecule has 0 aliphatic rings. The van der Waals surface area contributed by atoms with Crippen molar-refractivity contribution in [3.8, 4) is 0 Å². The van der Waals surface area contributed by atoms with Crippen molar-refractivity contribution < 1.29 is 9.59 Å². The normalized spacial score (nSPS) is 10.6. The Bertz CT molecular complexity index is 886. The van der Waals surface area contributed by atoms with Crippen molar-refractivity contribution in [3.05, 3.63) is 59.8 Å². The van der Waals surface area contributed by atoms with Crippen LogP contribution in [0.3, 0.4) is 0 Å². The number of benzene rings is 2. The quantitative estimate of drug-likeness (QED) is 0.775. The molecule has 24 heavy (non-hydrogen) atoms. The molecule has 6 nitrogen and oxygen atoms in total. The fourth-order valence-electron chi connectivity index (χ4n) is 2.48. The zero-order valence-corrected chi connectivity index (χ0v) is 13.5. The maximum Gasteiger partial charge on any atom is 0.275 e. The fourth-order valence-corrected chi connectivity index (χ4v) is 2.48. The third-order valence-electron chi connectivity index (χ3n) is 3.71. The highest BCUT2D eigenvalue weighted by Gasteiger charge is 2.20. The van der Waals surface area contributed by atoms with Gasteiger partial charge in [-0.15, -0.1) is 0 Å². The lowest BCUT2D eigenvalue weighted by Crippen LogP contribution is -2.35. The number of anilines is 1. The van der Waals surface area contributed by atoms with Gasteiger partial charge in [0.05, 0.1) is 12.1 Å². The number of likely N-dealkylation sites (N-methyl/N-ethyl adjacent to an activating group) is 1. The van der Waals surface area contributed by atoms with Gasteiger partial charge in [-0.3, -0.25) is 14.7 Å². The summed E-state index contributed by atoms with van der Waals surface area (Å²) in [6, 6.07) is 14.9. The largest absolute Gasteiger partial charge is 0.331 e. The van der Waals surface area contributed by atoms with Crippen LogP contribution in [-0.4, -0.2) is 40.5 Å². The van der Waals surface area contributed by atoms with Crippen LogP contribution in [0.2, 0.25) is 0 Å². The molecule has 1 heterocycles. The predicted octanol–water partition coefficient (Wildman–Crippen LogP) is 2.58. The van der Waals surface area contributed by atoms with Crippen molar-refractivity contribution in [2.75, 3.05) is 18.9 Å². The summed E-state index contributed by atoms with van der Waals surface area (Å²) in [6.45, 7) is 1.91. The van der Waals surface area contributed by atoms with Crippen LogP contribution in [0.15, 0.2) is 48.5 Å². The summed E-state index contributed by atoms with van der Waals surface area (Å²) in [7, 11) is 1.59. The van der Waals surface area contributed by atoms with Crippen molar-refractivity contribution >= 4 is 28.4 Å². The number of para-hydroxylation sites is 1. The Morgan fingerprint density at radius 3 is 2.67 bits per heavy atom. The maximum atomic E-state index is 12.6. The van der Waals surface area contributed by atoms with E-state index < -0.39 is 0 Å². The summed E-state index contributed by atoms with van der Waals surface area (Å²) in [5, 5.41) is 10.5. The molecule has 2 amide bonds. The van der Waals surface area contributed by atoms with Gasteiger partial charge in [0.15, 0.2) is 5.69 Å². The monoisotopic (exact) mass is 322 g/mol. The number of carbonyl (C=O) groups excluding carboxylic acids is 2. The second-order valence-electron chi connectivity index (χ2n) is 5.70. The molecule has 0 aliphatic carbocycles. The van der Waals surface area contributed by atoms with Gasteiger partial charge in [0.1, 0.15) is 0 Å². The van der Waals surface area contributed by atoms with E-state index in [-0.39, 0.29) is 18.4 Å². The SMILES string of the molecule is Cc1ccc2[nH]nc(C(=O)N(C)CC(=O)Nc3ccccc3)c2c1. The highest BCUT2D eigenvalue weighted by atomic mass is 16.2. The Kier molecular flexibility index (Phi) is 4.29. The number of aryl methyl sites for hydroxylation is 1. The summed E-state index contributed by atoms with van der Waals surface area (Å²) < 4.78 is 0. The number of hydrogen-bond acceptors (Lipinski definition) is 3. The molecule has 0 unspecified atom stereocenters. The number of aromatic nitrogens is 2. The van der Waals surface area contributed by atoms with Crippen LogP contribution in [-0.2, 0) is 4.79 Å². The molecule has 0 atom stereocenters. The van der Waals surface area contributed by atoms with Crippen LogP contribution in [0.5, 0.6) is 0 Å². The molecule has 0 aliphatic heterocycles. The number of H-pyrrole nitrogens is 1. The van der Waals surface area contributed by atoms with E-state index in [1.807, 2.05) is 43.3 Å². The van der Waals surface area contributed by atoms with E-state index in [0.29, 0.717) is 11.4 Å². The van der Waals surface area contributed by atoms with Crippen molar-refractivity contribution in [3.63, 3.8) is 0 Å². The lowest BCUT2D eigenvalue weighted by Gasteiger charge is -2.15. The molecular weight excluding hydrogens is 304 g/mol. The van der Waals surface area contributed by atoms with E-state index in [4.69, 9.17) is 0 Å². The third kappa shape index (κ3) is 3.27. The molecule has 0 fully saturated rings. The van der Waals surface area contributed by atoms with Gasteiger partial charge >= 0.3 is 0 Å². The van der Waals surface area contributed by atoms with Crippen molar-refractivity contribution in [2.45, 2.75) is 6.92 Å². The van der Waals surface area contributed by atoms with Gasteiger partial charge in [-0.05, 0) is 31.2 Å². The number of nitrogens with one attached hydrogen (secondary N) is 2. The zero-order chi connectivity index (χ0) is 17.1. The number of fused-ring (bicyclic) bond motifs is 1. The Morgan fingerprint density at radius 2 is 1.92 bits per heavy atom. The minimum absolute atomic E-state index is 0.0477. The van der Waals surface area contributed by atoms with E-state index in [0.717, 1.165) is 16.5 Å². The highest BCUT2D eigenvalue weighted by molar-refractivity contribution is 6.06. The first kappa shape index (κ1) is 15.7. The number of carbonyl (C=O) groups is 2. The standard InChI is InChI=1S/C18H18N4O2/c1-12-8-9-15-14(10-12)17(21-20-15)18(24)22(2)11-16(23)19-13-6-4-3-5-7-13/h3-10H,11H2,1-2H3,(H,19,23)(H,20,21). The predicted molar refractivity (Wildman–Crippen MR) is 92.9 cm³/mol. The van der Waals surface area contributed by atoms with Crippen molar-refractivity contribution in [1.82, 2.24) is 15.1 Å². The minimum atomic E-state index is -0.296. The van der Waals surface area contributed by atoms with Gasteiger partial charge in [-0.25, -0.2) is 0 Å². The molecular formula is C18H18N4O2. The lowest BCUT2D eigenvalue weighted by molar-refractivity contribution is -0.116. The maximum absolute atomic E-state index is 12.6. The van der Waals surface area contributed by atoms with Gasteiger partial charge in [-0.1, -0.05) is 29.8 Å². The number of nitrogens with zero attached hydrogens (tertiary/aromatic N) is 2. The Hall–Kier alpha value is -3.15. The molecule has 122 valence electrons. The summed E-state index contributed by atoms with van der Waals surface area (Å²) in [5.41, 5.74) is 2.86. The molecule has 3 rings (SSSR count). The lowest BCUT2D eigenvalue weighted by atomic mass is 10.1. The molecule has 0 bridgehead atoms. The summed E-state index contributed by atoms with van der Waals surface area (Å²) in [6.07, 6.45) is 0. The first-order valence-corrected chi connectivity index (χ1v) is 7.59. The van der Waals surface area contributed by atoms with Gasteiger partial charge in [0.25, 0.3) is 5.91 Å². The minimum Gasteiger partial charge on any atom is -0.331 e. The summed E-state index contributed by atoms with van der Waals surface area (Å²) in [4.78, 5) is 26.0. The smallest absolute Gasteiger partial charge is 0.275 e. The molecule has 0 spiro atoms. The van der Waals surface area contributed by atoms with E-state index in [1.54, 1.807) is 19.2 Å². The highest BCUT2D eigenvalue weighted by Crippen LogP contribution is 2.18. The second kappa shape index (κ2) is 6.54. The number of aromatic amines is 1. The Morgan fingerprint density at radius 1 is 1.17 bits per heavy atom. The Balaban J connectivity index is 1.72. The van der Waals surface area contributed by atoms with Crippen LogP contribution >= 0.6 is 0 Å². The first-order valence-electron chi connectivity index (χ1n) is 7.59. The molecule has 0 saturated heterocycles. The average Bonchev–Trinajstić information content (AvgIpc) is 2.97. The van der Waals surface area contributed by atoms with Crippen LogP contribution in [0.25, 0.3) is 10.9 Å². The van der Waals surface area contributed by atoms with Crippen LogP contribution in [0.1, 0.15) is 16.1 Å². The second-order valence-corrected chi connectivity index (χ2v) is 5.70. The zero-order valence-electron chi connectivity index (χ0n) is 13.5. The number of amides is 2. The van der Waals surface area contributed by atoms with Gasteiger partial charge < -0.3 is 10.2 Å². The molecule has 0 saturated carbocycles. The van der Waals surface area contributed by atoms with Gasteiger partial charge in [-0.2, -0.15) is 5.10 Å². The van der Waals surface area contributed by atoms with E-state index in [2.05, 4.69) is 15.5 Å². The number of hydrogen-bond donors (Lipinski definition) is 2. The van der Waals surface area contributed by atoms with Gasteiger partial charge in [0, 0.05) is 18.1 Å². The molecule has 1 aromatic heterocycles. The number of rotatable bonds is 4. The summed E-state index contributed by atoms with van der Waals surface area (Å²) >= 11 is 0. The average molecular weight is 322 g/mol. The van der Waals surface area contributed by atoms with Crippen molar-refractivity contribution in [1.29, 1.82) is 0 Å². The van der Waals surface area contributed by atoms with E-state index >= 15 is 0 Å². The third-order valence-corrected chi connectivity index (χ3v) is 3.71.